The lowest BCUT2D eigenvalue weighted by Crippen LogP contribution is -2.29. The molecule has 0 radical (unpaired) electrons. The van der Waals surface area contributed by atoms with Crippen LogP contribution >= 0.6 is 0 Å². The highest BCUT2D eigenvalue weighted by atomic mass is 16.7. The van der Waals surface area contributed by atoms with Crippen LogP contribution in [-0.4, -0.2) is 35.1 Å². The third kappa shape index (κ3) is 4.72. The van der Waals surface area contributed by atoms with Crippen LogP contribution in [0.3, 0.4) is 0 Å². The minimum atomic E-state index is -0.763. The Hall–Kier alpha value is -4.26. The van der Waals surface area contributed by atoms with Gasteiger partial charge < -0.3 is 24.2 Å². The first-order chi connectivity index (χ1) is 18.2. The van der Waals surface area contributed by atoms with Gasteiger partial charge in [-0.2, -0.15) is 0 Å². The van der Waals surface area contributed by atoms with E-state index in [1.54, 1.807) is 30.3 Å². The molecule has 2 heterocycles. The number of carbonyl (C=O) groups excluding carboxylic acids is 2. The molecule has 0 saturated carbocycles. The number of nitrogens with zero attached hydrogens (tertiary/aromatic N) is 1. The van der Waals surface area contributed by atoms with Gasteiger partial charge in [-0.3, -0.25) is 9.59 Å². The minimum Gasteiger partial charge on any atom is -0.507 e. The number of aliphatic hydroxyl groups is 1. The van der Waals surface area contributed by atoms with E-state index < -0.39 is 17.7 Å². The summed E-state index contributed by atoms with van der Waals surface area (Å²) in [6.07, 6.45) is 0. The fourth-order valence-electron chi connectivity index (χ4n) is 4.82. The first-order valence-corrected chi connectivity index (χ1v) is 12.7. The van der Waals surface area contributed by atoms with Gasteiger partial charge in [-0.05, 0) is 65.4 Å². The highest BCUT2D eigenvalue weighted by molar-refractivity contribution is 6.46. The van der Waals surface area contributed by atoms with E-state index in [1.807, 2.05) is 43.3 Å². The van der Waals surface area contributed by atoms with Crippen LogP contribution in [0.4, 0.5) is 0 Å². The van der Waals surface area contributed by atoms with Crippen LogP contribution in [-0.2, 0) is 21.5 Å². The van der Waals surface area contributed by atoms with Gasteiger partial charge in [0.15, 0.2) is 11.5 Å². The lowest BCUT2D eigenvalue weighted by Gasteiger charge is -2.26. The van der Waals surface area contributed by atoms with E-state index in [4.69, 9.17) is 14.2 Å². The molecule has 1 N–H and O–H groups in total. The molecular weight excluding hydrogens is 482 g/mol. The molecule has 0 aliphatic carbocycles. The molecule has 1 unspecified atom stereocenters. The van der Waals surface area contributed by atoms with E-state index in [-0.39, 0.29) is 30.1 Å². The highest BCUT2D eigenvalue weighted by Crippen LogP contribution is 2.42. The van der Waals surface area contributed by atoms with Gasteiger partial charge in [0.2, 0.25) is 6.79 Å². The number of ether oxygens (including phenoxy) is 3. The number of ketones is 1. The molecule has 38 heavy (non-hydrogen) atoms. The van der Waals surface area contributed by atoms with Crippen molar-refractivity contribution in [3.05, 3.63) is 94.6 Å². The molecule has 1 atom stereocenters. The Bertz CT molecular complexity index is 1400. The average Bonchev–Trinajstić information content (AvgIpc) is 3.46. The molecule has 1 amide bonds. The molecule has 0 aromatic heterocycles. The van der Waals surface area contributed by atoms with E-state index in [0.717, 1.165) is 16.7 Å². The Labute approximate surface area is 222 Å². The molecule has 2 aliphatic heterocycles. The lowest BCUT2D eigenvalue weighted by atomic mass is 9.85. The van der Waals surface area contributed by atoms with Crippen molar-refractivity contribution in [2.45, 2.75) is 45.7 Å². The summed E-state index contributed by atoms with van der Waals surface area (Å²) in [6.45, 7) is 9.08. The number of likely N-dealkylation sites (tertiary alicyclic amines) is 1. The van der Waals surface area contributed by atoms with E-state index in [2.05, 4.69) is 20.8 Å². The maximum absolute atomic E-state index is 13.4. The quantitative estimate of drug-likeness (QED) is 0.257. The Morgan fingerprint density at radius 3 is 2.32 bits per heavy atom. The molecule has 196 valence electrons. The second-order valence-corrected chi connectivity index (χ2v) is 10.4. The smallest absolute Gasteiger partial charge is 0.295 e. The molecule has 3 aromatic rings. The molecule has 7 heteroatoms. The summed E-state index contributed by atoms with van der Waals surface area (Å²) in [5.41, 5.74) is 3.09. The van der Waals surface area contributed by atoms with Gasteiger partial charge in [-0.1, -0.05) is 51.1 Å². The summed E-state index contributed by atoms with van der Waals surface area (Å²) in [5.74, 6) is 0.286. The number of carbonyl (C=O) groups is 2. The molecule has 2 aliphatic rings. The van der Waals surface area contributed by atoms with Crippen molar-refractivity contribution in [1.29, 1.82) is 0 Å². The van der Waals surface area contributed by atoms with Gasteiger partial charge in [-0.15, -0.1) is 0 Å². The van der Waals surface area contributed by atoms with Crippen LogP contribution in [0.5, 0.6) is 17.2 Å². The standard InChI is InChI=1S/C31H31NO6/c1-5-36-23-13-9-21(10-14-23)28(33)26-27(20-7-11-22(12-8-20)31(2,3)4)32(30(35)29(26)34)17-19-6-15-24-25(16-19)38-18-37-24/h6-16,27,33H,5,17-18H2,1-4H3/b28-26+. The summed E-state index contributed by atoms with van der Waals surface area (Å²) in [7, 11) is 0. The zero-order valence-electron chi connectivity index (χ0n) is 22.0. The molecule has 0 bridgehead atoms. The maximum Gasteiger partial charge on any atom is 0.295 e. The topological polar surface area (TPSA) is 85.3 Å². The zero-order chi connectivity index (χ0) is 27.0. The van der Waals surface area contributed by atoms with Crippen LogP contribution < -0.4 is 14.2 Å². The molecule has 0 spiro atoms. The van der Waals surface area contributed by atoms with Crippen LogP contribution in [0.25, 0.3) is 5.76 Å². The average molecular weight is 514 g/mol. The predicted octanol–water partition coefficient (Wildman–Crippen LogP) is 5.73. The Morgan fingerprint density at radius 2 is 1.66 bits per heavy atom. The summed E-state index contributed by atoms with van der Waals surface area (Å²) in [4.78, 5) is 28.3. The van der Waals surface area contributed by atoms with Gasteiger partial charge in [0.1, 0.15) is 11.5 Å². The van der Waals surface area contributed by atoms with Crippen molar-refractivity contribution < 1.29 is 28.9 Å². The highest BCUT2D eigenvalue weighted by Gasteiger charge is 2.46. The number of rotatable bonds is 6. The molecule has 7 nitrogen and oxygen atoms in total. The van der Waals surface area contributed by atoms with Gasteiger partial charge in [0, 0.05) is 12.1 Å². The van der Waals surface area contributed by atoms with Crippen LogP contribution in [0.1, 0.15) is 56.0 Å². The van der Waals surface area contributed by atoms with Crippen LogP contribution in [0, 0.1) is 0 Å². The monoisotopic (exact) mass is 513 g/mol. The van der Waals surface area contributed by atoms with Crippen molar-refractivity contribution in [3.8, 4) is 17.2 Å². The zero-order valence-corrected chi connectivity index (χ0v) is 22.0. The fourth-order valence-corrected chi connectivity index (χ4v) is 4.82. The molecular formula is C31H31NO6. The van der Waals surface area contributed by atoms with Crippen LogP contribution in [0.2, 0.25) is 0 Å². The number of aliphatic hydroxyl groups excluding tert-OH is 1. The first-order valence-electron chi connectivity index (χ1n) is 12.7. The number of fused-ring (bicyclic) bond motifs is 1. The van der Waals surface area contributed by atoms with Crippen molar-refractivity contribution >= 4 is 17.4 Å². The van der Waals surface area contributed by atoms with Gasteiger partial charge in [-0.25, -0.2) is 0 Å². The number of benzene rings is 3. The van der Waals surface area contributed by atoms with Crippen molar-refractivity contribution in [3.63, 3.8) is 0 Å². The summed E-state index contributed by atoms with van der Waals surface area (Å²) in [6, 6.07) is 19.4. The Balaban J connectivity index is 1.59. The minimum absolute atomic E-state index is 0.0587. The predicted molar refractivity (Wildman–Crippen MR) is 143 cm³/mol. The van der Waals surface area contributed by atoms with Gasteiger partial charge >= 0.3 is 0 Å². The third-order valence-corrected chi connectivity index (χ3v) is 6.86. The fraction of sp³-hybridized carbons (Fsp3) is 0.290. The normalized spacial score (nSPS) is 18.2. The maximum atomic E-state index is 13.4. The van der Waals surface area contributed by atoms with Gasteiger partial charge in [0.05, 0.1) is 18.2 Å². The summed E-state index contributed by atoms with van der Waals surface area (Å²) < 4.78 is 16.4. The molecule has 3 aromatic carbocycles. The van der Waals surface area contributed by atoms with E-state index in [0.29, 0.717) is 29.4 Å². The number of hydrogen-bond acceptors (Lipinski definition) is 6. The third-order valence-electron chi connectivity index (χ3n) is 6.86. The number of Topliss-reactive ketones (excluding diaryl/α,β-unsaturated/α-hetero) is 1. The molecule has 1 saturated heterocycles. The second kappa shape index (κ2) is 9.89. The van der Waals surface area contributed by atoms with Gasteiger partial charge in [0.25, 0.3) is 11.7 Å². The van der Waals surface area contributed by atoms with E-state index >= 15 is 0 Å². The largest absolute Gasteiger partial charge is 0.507 e. The van der Waals surface area contributed by atoms with Crippen molar-refractivity contribution in [2.75, 3.05) is 13.4 Å². The first kappa shape index (κ1) is 25.4. The molecule has 1 fully saturated rings. The van der Waals surface area contributed by atoms with Crippen molar-refractivity contribution in [1.82, 2.24) is 4.90 Å². The summed E-state index contributed by atoms with van der Waals surface area (Å²) >= 11 is 0. The van der Waals surface area contributed by atoms with Crippen molar-refractivity contribution in [2.24, 2.45) is 0 Å². The Morgan fingerprint density at radius 1 is 0.974 bits per heavy atom. The lowest BCUT2D eigenvalue weighted by molar-refractivity contribution is -0.140. The Kier molecular flexibility index (Phi) is 6.61. The second-order valence-electron chi connectivity index (χ2n) is 10.4. The number of amides is 1. The number of hydrogen-bond donors (Lipinski definition) is 1. The SMILES string of the molecule is CCOc1ccc(/C(O)=C2\C(=O)C(=O)N(Cc3ccc4c(c3)OCO4)C2c2ccc(C(C)(C)C)cc2)cc1. The van der Waals surface area contributed by atoms with E-state index in [1.165, 1.54) is 4.90 Å². The van der Waals surface area contributed by atoms with E-state index in [9.17, 15) is 14.7 Å². The molecule has 5 rings (SSSR count). The summed E-state index contributed by atoms with van der Waals surface area (Å²) in [5, 5.41) is 11.4. The van der Waals surface area contributed by atoms with Crippen LogP contribution in [0.15, 0.2) is 72.3 Å².